The van der Waals surface area contributed by atoms with Crippen molar-refractivity contribution < 1.29 is 3.79 Å². The van der Waals surface area contributed by atoms with E-state index in [0.717, 1.165) is 17.5 Å². The molecule has 3 rings (SSSR count). The predicted octanol–water partition coefficient (Wildman–Crippen LogP) is 4.27. The Hall–Kier alpha value is -1.85. The molecule has 2 radical (unpaired) electrons. The van der Waals surface area contributed by atoms with E-state index in [9.17, 15) is 0 Å². The van der Waals surface area contributed by atoms with Gasteiger partial charge in [-0.15, -0.1) is 0 Å². The molecule has 0 N–H and O–H groups in total. The van der Waals surface area contributed by atoms with Gasteiger partial charge in [-0.05, 0) is 16.7 Å². The fraction of sp³-hybridized carbons (Fsp3) is 0.100. The molecule has 0 atom stereocenters. The molecule has 0 fully saturated rings. The number of hydrogen-bond acceptors (Lipinski definition) is 1. The van der Waals surface area contributed by atoms with Crippen LogP contribution >= 0.6 is 0 Å². The molecule has 0 aliphatic carbocycles. The zero-order valence-corrected chi connectivity index (χ0v) is 13.5. The summed E-state index contributed by atoms with van der Waals surface area (Å²) < 4.78 is 6.03. The average Bonchev–Trinajstić information content (AvgIpc) is 2.62. The number of hydrogen-bond donors (Lipinski definition) is 0. The quantitative estimate of drug-likeness (QED) is 0.639. The Bertz CT molecular complexity index is 656. The highest BCUT2D eigenvalue weighted by Gasteiger charge is 2.32. The third kappa shape index (κ3) is 3.01. The molecule has 0 bridgehead atoms. The van der Waals surface area contributed by atoms with E-state index in [0.29, 0.717) is 0 Å². The van der Waals surface area contributed by atoms with Crippen LogP contribution in [-0.2, 0) is 15.8 Å². The van der Waals surface area contributed by atoms with E-state index in [1.807, 2.05) is 18.2 Å². The van der Waals surface area contributed by atoms with Gasteiger partial charge in [-0.2, -0.15) is 0 Å². The van der Waals surface area contributed by atoms with E-state index in [4.69, 9.17) is 3.79 Å². The normalized spacial score (nSPS) is 11.3. The van der Waals surface area contributed by atoms with Gasteiger partial charge in [-0.1, -0.05) is 91.0 Å². The zero-order chi connectivity index (χ0) is 15.3. The van der Waals surface area contributed by atoms with Crippen LogP contribution in [0.2, 0.25) is 0 Å². The van der Waals surface area contributed by atoms with Crippen LogP contribution in [0.15, 0.2) is 91.0 Å². The molecule has 106 valence electrons. The first kappa shape index (κ1) is 15.1. The van der Waals surface area contributed by atoms with Crippen molar-refractivity contribution in [1.82, 2.24) is 0 Å². The zero-order valence-electron chi connectivity index (χ0n) is 12.4. The highest BCUT2D eigenvalue weighted by molar-refractivity contribution is 5.98. The lowest BCUT2D eigenvalue weighted by Crippen LogP contribution is -2.33. The maximum absolute atomic E-state index is 6.03. The Kier molecular flexibility index (Phi) is 4.75. The molecular formula is C20H17AlO. The minimum atomic E-state index is -0.505. The minimum Gasteiger partial charge on any atom is -0.505 e. The highest BCUT2D eigenvalue weighted by Crippen LogP contribution is 2.36. The molecule has 0 amide bonds. The van der Waals surface area contributed by atoms with Crippen LogP contribution in [0, 0.1) is 0 Å². The van der Waals surface area contributed by atoms with Crippen molar-refractivity contribution in [2.24, 2.45) is 0 Å². The first-order valence-corrected chi connectivity index (χ1v) is 7.85. The third-order valence-electron chi connectivity index (χ3n) is 3.98. The van der Waals surface area contributed by atoms with Gasteiger partial charge < -0.3 is 3.79 Å². The van der Waals surface area contributed by atoms with Gasteiger partial charge in [0.1, 0.15) is 0 Å². The van der Waals surface area contributed by atoms with Crippen LogP contribution in [0.1, 0.15) is 16.7 Å². The molecule has 0 aromatic heterocycles. The topological polar surface area (TPSA) is 9.23 Å². The lowest BCUT2D eigenvalue weighted by Gasteiger charge is -2.36. The van der Waals surface area contributed by atoms with Gasteiger partial charge >= 0.3 is 16.6 Å². The second-order valence-electron chi connectivity index (χ2n) is 5.34. The summed E-state index contributed by atoms with van der Waals surface area (Å²) in [6, 6.07) is 31.3. The molecule has 0 heterocycles. The van der Waals surface area contributed by atoms with E-state index < -0.39 is 5.60 Å². The fourth-order valence-electron chi connectivity index (χ4n) is 2.85. The molecule has 0 aliphatic rings. The standard InChI is InChI=1S/C20H17O.Al/c21-20(18-12-6-2-7-13-18,19-14-8-3-9-15-19)16-17-10-4-1-5-11-17;/h1-15H,16H2;/q-1;+1. The lowest BCUT2D eigenvalue weighted by molar-refractivity contribution is 0.125. The predicted molar refractivity (Wildman–Crippen MR) is 90.6 cm³/mol. The van der Waals surface area contributed by atoms with Crippen LogP contribution < -0.4 is 0 Å². The van der Waals surface area contributed by atoms with Gasteiger partial charge in [0.25, 0.3) is 0 Å². The second-order valence-corrected chi connectivity index (χ2v) is 5.57. The van der Waals surface area contributed by atoms with E-state index in [1.165, 1.54) is 5.56 Å². The summed E-state index contributed by atoms with van der Waals surface area (Å²) in [6.07, 6.45) is 0.783. The molecular weight excluding hydrogens is 283 g/mol. The molecule has 3 aromatic rings. The summed E-state index contributed by atoms with van der Waals surface area (Å²) >= 11 is 2.47. The van der Waals surface area contributed by atoms with Crippen LogP contribution in [-0.4, -0.2) is 16.6 Å². The Morgan fingerprint density at radius 2 is 1.05 bits per heavy atom. The summed E-state index contributed by atoms with van der Waals surface area (Å²) in [4.78, 5) is 0. The first-order valence-electron chi connectivity index (χ1n) is 7.38. The molecule has 0 saturated heterocycles. The largest absolute Gasteiger partial charge is 0.505 e. The van der Waals surface area contributed by atoms with Crippen LogP contribution in [0.4, 0.5) is 0 Å². The summed E-state index contributed by atoms with van der Waals surface area (Å²) in [5, 5.41) is 0. The highest BCUT2D eigenvalue weighted by atomic mass is 27.1. The van der Waals surface area contributed by atoms with Crippen molar-refractivity contribution >= 4 is 16.6 Å². The van der Waals surface area contributed by atoms with Crippen LogP contribution in [0.25, 0.3) is 0 Å². The smallest absolute Gasteiger partial charge is 0.371 e. The maximum atomic E-state index is 6.03. The Balaban J connectivity index is 2.13. The van der Waals surface area contributed by atoms with E-state index >= 15 is 0 Å². The summed E-state index contributed by atoms with van der Waals surface area (Å²) in [6.45, 7) is 0. The molecule has 0 saturated carbocycles. The van der Waals surface area contributed by atoms with Crippen molar-refractivity contribution in [1.29, 1.82) is 0 Å². The van der Waals surface area contributed by atoms with Gasteiger partial charge in [-0.3, -0.25) is 0 Å². The van der Waals surface area contributed by atoms with Crippen molar-refractivity contribution in [3.63, 3.8) is 0 Å². The van der Waals surface area contributed by atoms with Gasteiger partial charge in [-0.25, -0.2) is 0 Å². The molecule has 0 unspecified atom stereocenters. The van der Waals surface area contributed by atoms with Crippen LogP contribution in [0.5, 0.6) is 0 Å². The minimum absolute atomic E-state index is 0.505. The van der Waals surface area contributed by atoms with Gasteiger partial charge in [0.05, 0.1) is 5.60 Å². The van der Waals surface area contributed by atoms with Crippen molar-refractivity contribution in [3.8, 4) is 0 Å². The number of rotatable bonds is 5. The summed E-state index contributed by atoms with van der Waals surface area (Å²) in [7, 11) is 0. The monoisotopic (exact) mass is 300 g/mol. The Morgan fingerprint density at radius 1 is 0.636 bits per heavy atom. The fourth-order valence-corrected chi connectivity index (χ4v) is 3.20. The molecule has 22 heavy (non-hydrogen) atoms. The maximum Gasteiger partial charge on any atom is 0.371 e. The third-order valence-corrected chi connectivity index (χ3v) is 4.38. The Labute approximate surface area is 140 Å². The van der Waals surface area contributed by atoms with E-state index in [-0.39, 0.29) is 0 Å². The van der Waals surface area contributed by atoms with Crippen molar-refractivity contribution in [2.45, 2.75) is 12.0 Å². The summed E-state index contributed by atoms with van der Waals surface area (Å²) in [5.74, 6) is 0. The molecule has 2 heteroatoms. The molecule has 3 aromatic carbocycles. The van der Waals surface area contributed by atoms with Gasteiger partial charge in [0, 0.05) is 6.42 Å². The number of benzene rings is 3. The molecule has 0 spiro atoms. The van der Waals surface area contributed by atoms with E-state index in [2.05, 4.69) is 89.4 Å². The lowest BCUT2D eigenvalue weighted by atomic mass is 9.81. The Morgan fingerprint density at radius 3 is 1.45 bits per heavy atom. The van der Waals surface area contributed by atoms with E-state index in [1.54, 1.807) is 0 Å². The average molecular weight is 300 g/mol. The summed E-state index contributed by atoms with van der Waals surface area (Å²) in [5.41, 5.74) is 3.05. The van der Waals surface area contributed by atoms with Gasteiger partial charge in [0.2, 0.25) is 0 Å². The second kappa shape index (κ2) is 6.94. The van der Waals surface area contributed by atoms with Crippen molar-refractivity contribution in [2.75, 3.05) is 0 Å². The van der Waals surface area contributed by atoms with Crippen LogP contribution in [0.3, 0.4) is 0 Å². The molecule has 1 nitrogen and oxygen atoms in total. The van der Waals surface area contributed by atoms with Crippen molar-refractivity contribution in [3.05, 3.63) is 108 Å². The first-order chi connectivity index (χ1) is 10.8. The SMILES string of the molecule is [Al][O]C(Cc1ccccc1)(c1ccccc1)c1ccccc1. The molecule has 0 aliphatic heterocycles. The van der Waals surface area contributed by atoms with Gasteiger partial charge in [0.15, 0.2) is 0 Å².